The molecule has 0 saturated carbocycles. The van der Waals surface area contributed by atoms with Gasteiger partial charge >= 0.3 is 6.03 Å². The number of nitrogens with zero attached hydrogens (tertiary/aromatic N) is 4. The number of likely N-dealkylation sites (tertiary alicyclic amines) is 1. The van der Waals surface area contributed by atoms with Crippen molar-refractivity contribution in [2.24, 2.45) is 0 Å². The van der Waals surface area contributed by atoms with Crippen LogP contribution in [0.25, 0.3) is 16.8 Å². The molecule has 1 fully saturated rings. The Morgan fingerprint density at radius 2 is 2.00 bits per heavy atom. The Morgan fingerprint density at radius 1 is 1.14 bits per heavy atom. The van der Waals surface area contributed by atoms with Crippen LogP contribution in [0.1, 0.15) is 24.6 Å². The van der Waals surface area contributed by atoms with Crippen molar-refractivity contribution in [3.8, 4) is 17.0 Å². The van der Waals surface area contributed by atoms with Gasteiger partial charge in [-0.05, 0) is 55.3 Å². The Labute approximate surface area is 210 Å². The summed E-state index contributed by atoms with van der Waals surface area (Å²) >= 11 is 0. The molecule has 1 atom stereocenters. The molecule has 3 heterocycles. The van der Waals surface area contributed by atoms with Gasteiger partial charge in [0.05, 0.1) is 24.0 Å². The molecule has 0 bridgehead atoms. The Balaban J connectivity index is 1.39. The summed E-state index contributed by atoms with van der Waals surface area (Å²) < 4.78 is 21.9. The fourth-order valence-corrected chi connectivity index (χ4v) is 4.85. The van der Waals surface area contributed by atoms with E-state index in [1.54, 1.807) is 43.1 Å². The molecule has 0 spiro atoms. The van der Waals surface area contributed by atoms with Gasteiger partial charge in [0.2, 0.25) is 0 Å². The van der Waals surface area contributed by atoms with E-state index in [1.807, 2.05) is 42.6 Å². The first-order chi connectivity index (χ1) is 17.4. The summed E-state index contributed by atoms with van der Waals surface area (Å²) in [6.07, 6.45) is 3.82. The molecule has 1 saturated heterocycles. The lowest BCUT2D eigenvalue weighted by Crippen LogP contribution is -2.42. The van der Waals surface area contributed by atoms with Crippen LogP contribution < -0.4 is 15.0 Å². The van der Waals surface area contributed by atoms with Gasteiger partial charge in [-0.3, -0.25) is 0 Å². The normalized spacial score (nSPS) is 15.7. The Morgan fingerprint density at radius 3 is 2.78 bits per heavy atom. The summed E-state index contributed by atoms with van der Waals surface area (Å²) in [5.74, 6) is 1.42. The minimum Gasteiger partial charge on any atom is -0.497 e. The maximum absolute atomic E-state index is 14.4. The quantitative estimate of drug-likeness (QED) is 0.397. The second-order valence-corrected chi connectivity index (χ2v) is 9.28. The van der Waals surface area contributed by atoms with Gasteiger partial charge in [-0.25, -0.2) is 14.2 Å². The standard InChI is InChI=1S/C28H30FN5O2/c1-32(2)24-13-12-21(17-23(24)29)30-28(35)33-14-7-9-20(18-33)27-31-26(25-11-4-5-15-34(25)27)19-8-6-10-22(16-19)36-3/h4-6,8,10-13,15-17,20H,7,9,14,18H2,1-3H3,(H,30,35)/t20-/m1/s1. The largest absolute Gasteiger partial charge is 0.497 e. The smallest absolute Gasteiger partial charge is 0.321 e. The summed E-state index contributed by atoms with van der Waals surface area (Å²) in [5.41, 5.74) is 3.81. The maximum Gasteiger partial charge on any atom is 0.321 e. The molecule has 4 aromatic rings. The highest BCUT2D eigenvalue weighted by Gasteiger charge is 2.29. The van der Waals surface area contributed by atoms with E-state index in [0.29, 0.717) is 24.5 Å². The van der Waals surface area contributed by atoms with Crippen molar-refractivity contribution in [2.45, 2.75) is 18.8 Å². The molecule has 186 valence electrons. The first-order valence-corrected chi connectivity index (χ1v) is 12.1. The topological polar surface area (TPSA) is 62.1 Å². The number of fused-ring (bicyclic) bond motifs is 1. The predicted molar refractivity (Wildman–Crippen MR) is 140 cm³/mol. The number of nitrogens with one attached hydrogen (secondary N) is 1. The second kappa shape index (κ2) is 9.89. The number of piperidine rings is 1. The average molecular weight is 488 g/mol. The van der Waals surface area contributed by atoms with Crippen molar-refractivity contribution >= 4 is 22.9 Å². The minimum atomic E-state index is -0.372. The number of benzene rings is 2. The predicted octanol–water partition coefficient (Wildman–Crippen LogP) is 5.63. The van der Waals surface area contributed by atoms with Crippen LogP contribution in [0.15, 0.2) is 66.9 Å². The summed E-state index contributed by atoms with van der Waals surface area (Å²) in [7, 11) is 5.22. The van der Waals surface area contributed by atoms with Crippen LogP contribution in [-0.2, 0) is 0 Å². The van der Waals surface area contributed by atoms with Gasteiger partial charge in [-0.2, -0.15) is 0 Å². The van der Waals surface area contributed by atoms with E-state index in [4.69, 9.17) is 9.72 Å². The molecule has 1 aliphatic rings. The van der Waals surface area contributed by atoms with Crippen LogP contribution in [-0.4, -0.2) is 54.6 Å². The number of hydrogen-bond donors (Lipinski definition) is 1. The SMILES string of the molecule is COc1cccc(-c2nc([C@@H]3CCCN(C(=O)Nc4ccc(N(C)C)c(F)c4)C3)n3ccccc23)c1. The van der Waals surface area contributed by atoms with Crippen LogP contribution in [0, 0.1) is 5.82 Å². The number of carbonyl (C=O) groups is 1. The monoisotopic (exact) mass is 487 g/mol. The number of imidazole rings is 1. The number of aromatic nitrogens is 2. The zero-order valence-electron chi connectivity index (χ0n) is 20.7. The third kappa shape index (κ3) is 4.58. The summed E-state index contributed by atoms with van der Waals surface area (Å²) in [6.45, 7) is 1.18. The number of pyridine rings is 1. The number of rotatable bonds is 5. The lowest BCUT2D eigenvalue weighted by atomic mass is 9.97. The van der Waals surface area contributed by atoms with Crippen LogP contribution >= 0.6 is 0 Å². The number of hydrogen-bond acceptors (Lipinski definition) is 4. The third-order valence-electron chi connectivity index (χ3n) is 6.67. The summed E-state index contributed by atoms with van der Waals surface area (Å²) in [6, 6.07) is 18.5. The number of carbonyl (C=O) groups excluding carboxylic acids is 1. The average Bonchev–Trinajstić information content (AvgIpc) is 3.28. The first-order valence-electron chi connectivity index (χ1n) is 12.1. The van der Waals surface area contributed by atoms with E-state index in [9.17, 15) is 9.18 Å². The zero-order chi connectivity index (χ0) is 25.2. The highest BCUT2D eigenvalue weighted by molar-refractivity contribution is 5.89. The molecule has 8 heteroatoms. The number of methoxy groups -OCH3 is 1. The first kappa shape index (κ1) is 23.7. The number of amides is 2. The number of urea groups is 1. The highest BCUT2D eigenvalue weighted by atomic mass is 19.1. The molecular weight excluding hydrogens is 457 g/mol. The van der Waals surface area contributed by atoms with Gasteiger partial charge in [0.25, 0.3) is 0 Å². The van der Waals surface area contributed by atoms with E-state index in [0.717, 1.165) is 41.2 Å². The van der Waals surface area contributed by atoms with E-state index in [1.165, 1.54) is 6.07 Å². The Bertz CT molecular complexity index is 1400. The zero-order valence-corrected chi connectivity index (χ0v) is 20.7. The third-order valence-corrected chi connectivity index (χ3v) is 6.67. The van der Waals surface area contributed by atoms with Crippen LogP contribution in [0.3, 0.4) is 0 Å². The summed E-state index contributed by atoms with van der Waals surface area (Å²) in [5, 5.41) is 2.86. The van der Waals surface area contributed by atoms with E-state index in [-0.39, 0.29) is 17.8 Å². The molecule has 1 aliphatic heterocycles. The number of halogens is 1. The molecule has 0 aliphatic carbocycles. The van der Waals surface area contributed by atoms with Crippen LogP contribution in [0.5, 0.6) is 5.75 Å². The Kier molecular flexibility index (Phi) is 6.50. The van der Waals surface area contributed by atoms with E-state index < -0.39 is 0 Å². The van der Waals surface area contributed by atoms with Gasteiger partial charge in [-0.15, -0.1) is 0 Å². The van der Waals surface area contributed by atoms with Gasteiger partial charge in [0.15, 0.2) is 0 Å². The van der Waals surface area contributed by atoms with Crippen LogP contribution in [0.4, 0.5) is 20.6 Å². The number of anilines is 2. The Hall–Kier alpha value is -4.07. The van der Waals surface area contributed by atoms with Crippen molar-refractivity contribution < 1.29 is 13.9 Å². The van der Waals surface area contributed by atoms with Gasteiger partial charge in [0.1, 0.15) is 17.4 Å². The fraction of sp³-hybridized carbons (Fsp3) is 0.286. The molecule has 0 unspecified atom stereocenters. The van der Waals surface area contributed by atoms with Crippen molar-refractivity contribution in [2.75, 3.05) is 44.5 Å². The lowest BCUT2D eigenvalue weighted by molar-refractivity contribution is 0.191. The molecular formula is C28H30FN5O2. The van der Waals surface area contributed by atoms with Crippen molar-refractivity contribution in [1.82, 2.24) is 14.3 Å². The minimum absolute atomic E-state index is 0.0756. The molecule has 2 amide bonds. The summed E-state index contributed by atoms with van der Waals surface area (Å²) in [4.78, 5) is 21.6. The van der Waals surface area contributed by atoms with Crippen molar-refractivity contribution in [3.63, 3.8) is 0 Å². The van der Waals surface area contributed by atoms with Crippen molar-refractivity contribution in [1.29, 1.82) is 0 Å². The second-order valence-electron chi connectivity index (χ2n) is 9.28. The number of ether oxygens (including phenoxy) is 1. The van der Waals surface area contributed by atoms with E-state index in [2.05, 4.69) is 15.8 Å². The van der Waals surface area contributed by atoms with Gasteiger partial charge in [-0.1, -0.05) is 18.2 Å². The lowest BCUT2D eigenvalue weighted by Gasteiger charge is -2.32. The van der Waals surface area contributed by atoms with Crippen molar-refractivity contribution in [3.05, 3.63) is 78.5 Å². The molecule has 36 heavy (non-hydrogen) atoms. The molecule has 7 nitrogen and oxygen atoms in total. The van der Waals surface area contributed by atoms with Crippen LogP contribution in [0.2, 0.25) is 0 Å². The molecule has 5 rings (SSSR count). The molecule has 0 radical (unpaired) electrons. The highest BCUT2D eigenvalue weighted by Crippen LogP contribution is 2.33. The van der Waals surface area contributed by atoms with E-state index >= 15 is 0 Å². The van der Waals surface area contributed by atoms with Gasteiger partial charge < -0.3 is 24.3 Å². The molecule has 2 aromatic heterocycles. The maximum atomic E-state index is 14.4. The van der Waals surface area contributed by atoms with Gasteiger partial charge in [0, 0.05) is 50.6 Å². The molecule has 1 N–H and O–H groups in total. The fourth-order valence-electron chi connectivity index (χ4n) is 4.85. The molecule has 2 aromatic carbocycles.